The second kappa shape index (κ2) is 8.17. The van der Waals surface area contributed by atoms with Gasteiger partial charge in [-0.1, -0.05) is 6.07 Å². The van der Waals surface area contributed by atoms with Crippen molar-refractivity contribution in [3.05, 3.63) is 69.0 Å². The first kappa shape index (κ1) is 22.8. The van der Waals surface area contributed by atoms with Gasteiger partial charge in [-0.05, 0) is 43.4 Å². The number of nitrogens with zero attached hydrogens (tertiary/aromatic N) is 1. The van der Waals surface area contributed by atoms with Gasteiger partial charge in [-0.25, -0.2) is 4.39 Å². The van der Waals surface area contributed by atoms with Crippen molar-refractivity contribution in [1.29, 1.82) is 0 Å². The monoisotopic (exact) mass is 463 g/mol. The Kier molecular flexibility index (Phi) is 5.63. The molecule has 4 rings (SSSR count). The molecule has 3 N–H and O–H groups in total. The second-order valence-electron chi connectivity index (χ2n) is 8.25. The van der Waals surface area contributed by atoms with E-state index < -0.39 is 41.1 Å². The maximum absolute atomic E-state index is 14.1. The second-order valence-corrected chi connectivity index (χ2v) is 8.25. The quantitative estimate of drug-likeness (QED) is 0.563. The van der Waals surface area contributed by atoms with Crippen molar-refractivity contribution in [2.24, 2.45) is 11.7 Å². The van der Waals surface area contributed by atoms with Crippen LogP contribution in [-0.2, 0) is 0 Å². The van der Waals surface area contributed by atoms with Crippen molar-refractivity contribution in [1.82, 2.24) is 9.97 Å². The Morgan fingerprint density at radius 2 is 1.91 bits per heavy atom. The van der Waals surface area contributed by atoms with Gasteiger partial charge in [0.25, 0.3) is 5.91 Å². The molecular weight excluding hydrogens is 442 g/mol. The number of rotatable bonds is 4. The molecule has 0 aliphatic heterocycles. The van der Waals surface area contributed by atoms with Crippen molar-refractivity contribution >= 4 is 16.8 Å². The van der Waals surface area contributed by atoms with Gasteiger partial charge in [0.1, 0.15) is 17.3 Å². The minimum Gasteiger partial charge on any atom is -0.496 e. The number of halogens is 4. The smallest absolute Gasteiger partial charge is 0.391 e. The number of H-pyrrole nitrogens is 1. The van der Waals surface area contributed by atoms with E-state index in [-0.39, 0.29) is 46.4 Å². The normalized spacial score (nSPS) is 20.8. The topological polar surface area (TPSA) is 98.1 Å². The highest BCUT2D eigenvalue weighted by Crippen LogP contribution is 2.55. The molecule has 33 heavy (non-hydrogen) atoms. The van der Waals surface area contributed by atoms with Crippen LogP contribution in [-0.4, -0.2) is 29.2 Å². The standard InChI is InChI=1S/C23H21F4N3O3/c1-10-15(24)4-3-12(21(10)33-2)13-7-11(23(25,26)27)8-14(13)17-9-18(31)19-16(30-17)5-6-29-20(19)22(28)32/h3-6,9,11,13-14H,7-8H2,1-2H3,(H2,28,32)(H,30,31)/t11-,13-,14+/m1/s1. The number of aromatic nitrogens is 2. The number of carbonyl (C=O) groups excluding carboxylic acids is 1. The number of hydrogen-bond acceptors (Lipinski definition) is 4. The molecule has 2 heterocycles. The maximum Gasteiger partial charge on any atom is 0.391 e. The Bertz CT molecular complexity index is 1300. The van der Waals surface area contributed by atoms with Gasteiger partial charge in [0, 0.05) is 29.4 Å². The molecule has 2 aromatic heterocycles. The molecule has 10 heteroatoms. The third kappa shape index (κ3) is 3.94. The number of hydrogen-bond donors (Lipinski definition) is 2. The maximum atomic E-state index is 14.1. The largest absolute Gasteiger partial charge is 0.496 e. The molecule has 1 aromatic carbocycles. The highest BCUT2D eigenvalue weighted by Gasteiger charge is 2.50. The third-order valence-electron chi connectivity index (χ3n) is 6.40. The van der Waals surface area contributed by atoms with E-state index in [4.69, 9.17) is 10.5 Å². The molecule has 1 aliphatic carbocycles. The Labute approximate surface area is 185 Å². The average molecular weight is 463 g/mol. The van der Waals surface area contributed by atoms with Gasteiger partial charge in [0.15, 0.2) is 5.43 Å². The summed E-state index contributed by atoms with van der Waals surface area (Å²) < 4.78 is 60.6. The summed E-state index contributed by atoms with van der Waals surface area (Å²) >= 11 is 0. The zero-order valence-corrected chi connectivity index (χ0v) is 17.8. The van der Waals surface area contributed by atoms with Crippen LogP contribution in [0.25, 0.3) is 10.9 Å². The van der Waals surface area contributed by atoms with E-state index in [2.05, 4.69) is 9.97 Å². The first-order valence-electron chi connectivity index (χ1n) is 10.2. The van der Waals surface area contributed by atoms with Gasteiger partial charge >= 0.3 is 6.18 Å². The Morgan fingerprint density at radius 3 is 2.55 bits per heavy atom. The van der Waals surface area contributed by atoms with Crippen molar-refractivity contribution in [3.8, 4) is 5.75 Å². The zero-order valence-electron chi connectivity index (χ0n) is 17.8. The highest BCUT2D eigenvalue weighted by molar-refractivity contribution is 6.03. The molecule has 1 saturated carbocycles. The van der Waals surface area contributed by atoms with Gasteiger partial charge in [0.05, 0.1) is 23.9 Å². The predicted octanol–water partition coefficient (Wildman–Crippen LogP) is 4.32. The fourth-order valence-corrected chi connectivity index (χ4v) is 4.85. The number of aromatic amines is 1. The first-order chi connectivity index (χ1) is 15.5. The number of benzene rings is 1. The van der Waals surface area contributed by atoms with Crippen molar-refractivity contribution in [3.63, 3.8) is 0 Å². The number of nitrogens with two attached hydrogens (primary N) is 1. The van der Waals surface area contributed by atoms with Crippen LogP contribution >= 0.6 is 0 Å². The van der Waals surface area contributed by atoms with Crippen molar-refractivity contribution in [2.45, 2.75) is 37.8 Å². The van der Waals surface area contributed by atoms with E-state index in [1.54, 1.807) is 0 Å². The van der Waals surface area contributed by atoms with E-state index in [1.807, 2.05) is 0 Å². The van der Waals surface area contributed by atoms with E-state index in [0.29, 0.717) is 5.56 Å². The van der Waals surface area contributed by atoms with Gasteiger partial charge in [0.2, 0.25) is 0 Å². The predicted molar refractivity (Wildman–Crippen MR) is 113 cm³/mol. The molecule has 3 atom stereocenters. The Hall–Kier alpha value is -3.43. The lowest BCUT2D eigenvalue weighted by molar-refractivity contribution is -0.172. The van der Waals surface area contributed by atoms with Crippen LogP contribution in [0.2, 0.25) is 0 Å². The van der Waals surface area contributed by atoms with Crippen LogP contribution < -0.4 is 15.9 Å². The molecule has 0 spiro atoms. The van der Waals surface area contributed by atoms with Crippen molar-refractivity contribution < 1.29 is 27.1 Å². The minimum absolute atomic E-state index is 0.0223. The number of methoxy groups -OCH3 is 1. The molecule has 0 unspecified atom stereocenters. The van der Waals surface area contributed by atoms with Crippen LogP contribution in [0.15, 0.2) is 35.3 Å². The number of ether oxygens (including phenoxy) is 1. The zero-order chi connectivity index (χ0) is 24.1. The third-order valence-corrected chi connectivity index (χ3v) is 6.40. The summed E-state index contributed by atoms with van der Waals surface area (Å²) in [7, 11) is 1.34. The number of fused-ring (bicyclic) bond motifs is 1. The van der Waals surface area contributed by atoms with Gasteiger partial charge < -0.3 is 15.5 Å². The Balaban J connectivity index is 1.89. The molecule has 1 amide bonds. The van der Waals surface area contributed by atoms with E-state index in [0.717, 1.165) is 0 Å². The first-order valence-corrected chi connectivity index (χ1v) is 10.2. The molecule has 1 fully saturated rings. The lowest BCUT2D eigenvalue weighted by Crippen LogP contribution is -2.20. The molecular formula is C23H21F4N3O3. The number of carbonyl (C=O) groups is 1. The summed E-state index contributed by atoms with van der Waals surface area (Å²) in [6.45, 7) is 1.50. The molecule has 6 nitrogen and oxygen atoms in total. The molecule has 0 radical (unpaired) electrons. The fourth-order valence-electron chi connectivity index (χ4n) is 4.85. The van der Waals surface area contributed by atoms with E-state index >= 15 is 0 Å². The van der Waals surface area contributed by atoms with Crippen molar-refractivity contribution in [2.75, 3.05) is 7.11 Å². The number of alkyl halides is 3. The van der Waals surface area contributed by atoms with E-state index in [1.165, 1.54) is 44.5 Å². The summed E-state index contributed by atoms with van der Waals surface area (Å²) in [6, 6.07) is 5.29. The summed E-state index contributed by atoms with van der Waals surface area (Å²) in [6.07, 6.45) is -3.64. The van der Waals surface area contributed by atoms with E-state index in [9.17, 15) is 27.2 Å². The lowest BCUT2D eigenvalue weighted by Gasteiger charge is -2.23. The molecule has 1 aliphatic rings. The molecule has 0 bridgehead atoms. The van der Waals surface area contributed by atoms with Gasteiger partial charge in [-0.2, -0.15) is 13.2 Å². The average Bonchev–Trinajstić information content (AvgIpc) is 3.20. The number of pyridine rings is 2. The van der Waals surface area contributed by atoms with Crippen LogP contribution in [0.5, 0.6) is 5.75 Å². The molecule has 3 aromatic rings. The molecule has 174 valence electrons. The molecule has 0 saturated heterocycles. The fraction of sp³-hybridized carbons (Fsp3) is 0.348. The number of nitrogens with one attached hydrogen (secondary N) is 1. The lowest BCUT2D eigenvalue weighted by atomic mass is 9.85. The summed E-state index contributed by atoms with van der Waals surface area (Å²) in [4.78, 5) is 31.4. The van der Waals surface area contributed by atoms with Gasteiger partial charge in [-0.3, -0.25) is 14.6 Å². The van der Waals surface area contributed by atoms with Crippen LogP contribution in [0.3, 0.4) is 0 Å². The van der Waals surface area contributed by atoms with Gasteiger partial charge in [-0.15, -0.1) is 0 Å². The van der Waals surface area contributed by atoms with Crippen LogP contribution in [0.4, 0.5) is 17.6 Å². The number of amides is 1. The SMILES string of the molecule is COc1c([C@H]2C[C@@H](C(F)(F)F)C[C@@H]2c2cc(=O)c3c(C(N)=O)nccc3[nH]2)ccc(F)c1C. The van der Waals surface area contributed by atoms with Crippen LogP contribution in [0, 0.1) is 18.7 Å². The minimum atomic E-state index is -4.44. The summed E-state index contributed by atoms with van der Waals surface area (Å²) in [5.74, 6) is -4.24. The van der Waals surface area contributed by atoms with Crippen LogP contribution in [0.1, 0.15) is 52.0 Å². The summed E-state index contributed by atoms with van der Waals surface area (Å²) in [5.41, 5.74) is 5.70. The number of primary amides is 1. The summed E-state index contributed by atoms with van der Waals surface area (Å²) in [5, 5.41) is -0.0223. The Morgan fingerprint density at radius 1 is 1.21 bits per heavy atom. The highest BCUT2D eigenvalue weighted by atomic mass is 19.4.